The van der Waals surface area contributed by atoms with Gasteiger partial charge in [0.05, 0.1) is 30.3 Å². The number of aryl methyl sites for hydroxylation is 1. The number of nitrogen functional groups attached to an aromatic ring is 1. The summed E-state index contributed by atoms with van der Waals surface area (Å²) in [6, 6.07) is 1.86. The molecule has 0 fully saturated rings. The van der Waals surface area contributed by atoms with Crippen LogP contribution in [0, 0.1) is 6.92 Å². The molecule has 2 heterocycles. The summed E-state index contributed by atoms with van der Waals surface area (Å²) in [6.07, 6.45) is 7.24. The Morgan fingerprint density at radius 1 is 1.38 bits per heavy atom. The van der Waals surface area contributed by atoms with E-state index in [4.69, 9.17) is 5.73 Å². The van der Waals surface area contributed by atoms with Crippen LogP contribution in [0.25, 0.3) is 0 Å². The standard InChI is InChI=1S/C11H15N5/c1-9-5-15-16(8-9)3-2-14-11-4-10(12)6-13-7-11/h4-8,14H,2-3,12H2,1H3. The Morgan fingerprint density at radius 3 is 2.94 bits per heavy atom. The molecule has 0 radical (unpaired) electrons. The Morgan fingerprint density at radius 2 is 2.25 bits per heavy atom. The molecule has 2 aromatic heterocycles. The van der Waals surface area contributed by atoms with Crippen LogP contribution in [-0.2, 0) is 6.54 Å². The molecule has 5 nitrogen and oxygen atoms in total. The molecule has 0 aliphatic rings. The molecule has 2 aromatic rings. The third-order valence-electron chi connectivity index (χ3n) is 2.19. The number of aromatic nitrogens is 3. The molecule has 84 valence electrons. The van der Waals surface area contributed by atoms with Gasteiger partial charge in [0, 0.05) is 18.9 Å². The van der Waals surface area contributed by atoms with Crippen molar-refractivity contribution in [1.82, 2.24) is 14.8 Å². The highest BCUT2D eigenvalue weighted by Gasteiger charge is 1.95. The normalized spacial score (nSPS) is 10.3. The topological polar surface area (TPSA) is 68.8 Å². The largest absolute Gasteiger partial charge is 0.397 e. The van der Waals surface area contributed by atoms with Crippen molar-refractivity contribution in [1.29, 1.82) is 0 Å². The van der Waals surface area contributed by atoms with Crippen LogP contribution in [0.5, 0.6) is 0 Å². The quantitative estimate of drug-likeness (QED) is 0.809. The van der Waals surface area contributed by atoms with Gasteiger partial charge in [0.1, 0.15) is 0 Å². The zero-order valence-corrected chi connectivity index (χ0v) is 9.22. The average molecular weight is 217 g/mol. The molecule has 0 saturated carbocycles. The van der Waals surface area contributed by atoms with Gasteiger partial charge in [-0.25, -0.2) is 0 Å². The van der Waals surface area contributed by atoms with E-state index in [9.17, 15) is 0 Å². The van der Waals surface area contributed by atoms with E-state index in [2.05, 4.69) is 15.4 Å². The van der Waals surface area contributed by atoms with Crippen LogP contribution in [0.15, 0.2) is 30.9 Å². The first-order chi connectivity index (χ1) is 7.74. The predicted molar refractivity (Wildman–Crippen MR) is 64.1 cm³/mol. The van der Waals surface area contributed by atoms with Gasteiger partial charge in [-0.2, -0.15) is 5.10 Å². The Hall–Kier alpha value is -2.04. The zero-order chi connectivity index (χ0) is 11.4. The van der Waals surface area contributed by atoms with E-state index in [1.165, 1.54) is 5.56 Å². The van der Waals surface area contributed by atoms with Crippen molar-refractivity contribution in [2.24, 2.45) is 0 Å². The summed E-state index contributed by atoms with van der Waals surface area (Å²) in [5.41, 5.74) is 8.40. The summed E-state index contributed by atoms with van der Waals surface area (Å²) in [5, 5.41) is 7.44. The van der Waals surface area contributed by atoms with Crippen LogP contribution in [0.1, 0.15) is 5.56 Å². The Kier molecular flexibility index (Phi) is 3.05. The second-order valence-electron chi connectivity index (χ2n) is 3.71. The molecule has 16 heavy (non-hydrogen) atoms. The fraction of sp³-hybridized carbons (Fsp3) is 0.273. The minimum absolute atomic E-state index is 0.667. The van der Waals surface area contributed by atoms with Gasteiger partial charge in [-0.15, -0.1) is 0 Å². The molecular weight excluding hydrogens is 202 g/mol. The van der Waals surface area contributed by atoms with E-state index in [0.717, 1.165) is 18.8 Å². The molecule has 0 unspecified atom stereocenters. The van der Waals surface area contributed by atoms with E-state index < -0.39 is 0 Å². The number of pyridine rings is 1. The van der Waals surface area contributed by atoms with Gasteiger partial charge in [-0.05, 0) is 18.6 Å². The maximum Gasteiger partial charge on any atom is 0.0582 e. The maximum atomic E-state index is 5.62. The number of nitrogens with two attached hydrogens (primary N) is 1. The van der Waals surface area contributed by atoms with Crippen LogP contribution in [0.2, 0.25) is 0 Å². The van der Waals surface area contributed by atoms with Gasteiger partial charge in [0.25, 0.3) is 0 Å². The zero-order valence-electron chi connectivity index (χ0n) is 9.22. The van der Waals surface area contributed by atoms with Crippen LogP contribution >= 0.6 is 0 Å². The van der Waals surface area contributed by atoms with E-state index in [-0.39, 0.29) is 0 Å². The molecule has 0 bridgehead atoms. The van der Waals surface area contributed by atoms with E-state index in [1.807, 2.05) is 30.1 Å². The lowest BCUT2D eigenvalue weighted by Crippen LogP contribution is -2.11. The van der Waals surface area contributed by atoms with Crippen molar-refractivity contribution in [2.45, 2.75) is 13.5 Å². The van der Waals surface area contributed by atoms with Gasteiger partial charge in [0.15, 0.2) is 0 Å². The van der Waals surface area contributed by atoms with Crippen LogP contribution < -0.4 is 11.1 Å². The lowest BCUT2D eigenvalue weighted by molar-refractivity contribution is 0.637. The second-order valence-corrected chi connectivity index (χ2v) is 3.71. The first-order valence-electron chi connectivity index (χ1n) is 5.17. The summed E-state index contributed by atoms with van der Waals surface area (Å²) in [7, 11) is 0. The van der Waals surface area contributed by atoms with Crippen molar-refractivity contribution in [2.75, 3.05) is 17.6 Å². The SMILES string of the molecule is Cc1cnn(CCNc2cncc(N)c2)c1. The minimum atomic E-state index is 0.667. The first-order valence-corrected chi connectivity index (χ1v) is 5.17. The molecule has 0 aliphatic heterocycles. The third-order valence-corrected chi connectivity index (χ3v) is 2.19. The van der Waals surface area contributed by atoms with Crippen molar-refractivity contribution in [3.63, 3.8) is 0 Å². The van der Waals surface area contributed by atoms with Gasteiger partial charge >= 0.3 is 0 Å². The van der Waals surface area contributed by atoms with Gasteiger partial charge in [-0.1, -0.05) is 0 Å². The van der Waals surface area contributed by atoms with Crippen molar-refractivity contribution in [3.8, 4) is 0 Å². The highest BCUT2D eigenvalue weighted by Crippen LogP contribution is 2.08. The van der Waals surface area contributed by atoms with Crippen LogP contribution in [0.3, 0.4) is 0 Å². The second kappa shape index (κ2) is 4.65. The molecule has 0 saturated heterocycles. The minimum Gasteiger partial charge on any atom is -0.397 e. The van der Waals surface area contributed by atoms with Crippen molar-refractivity contribution in [3.05, 3.63) is 36.4 Å². The van der Waals surface area contributed by atoms with Crippen LogP contribution in [-0.4, -0.2) is 21.3 Å². The summed E-state index contributed by atoms with van der Waals surface area (Å²) in [6.45, 7) is 3.65. The molecule has 5 heteroatoms. The van der Waals surface area contributed by atoms with Crippen molar-refractivity contribution >= 4 is 11.4 Å². The number of hydrogen-bond acceptors (Lipinski definition) is 4. The van der Waals surface area contributed by atoms with Gasteiger partial charge in [-0.3, -0.25) is 9.67 Å². The molecule has 0 spiro atoms. The monoisotopic (exact) mass is 217 g/mol. The summed E-state index contributed by atoms with van der Waals surface area (Å²) >= 11 is 0. The highest BCUT2D eigenvalue weighted by atomic mass is 15.3. The molecular formula is C11H15N5. The molecule has 0 atom stereocenters. The Balaban J connectivity index is 1.84. The Labute approximate surface area is 94.3 Å². The first kappa shape index (κ1) is 10.5. The van der Waals surface area contributed by atoms with Crippen LogP contribution in [0.4, 0.5) is 11.4 Å². The number of anilines is 2. The average Bonchev–Trinajstić information content (AvgIpc) is 2.64. The molecule has 0 aromatic carbocycles. The summed E-state index contributed by atoms with van der Waals surface area (Å²) < 4.78 is 1.90. The van der Waals surface area contributed by atoms with Crippen molar-refractivity contribution < 1.29 is 0 Å². The van der Waals surface area contributed by atoms with E-state index in [0.29, 0.717) is 5.69 Å². The molecule has 0 aliphatic carbocycles. The fourth-order valence-corrected chi connectivity index (χ4v) is 1.46. The molecule has 3 N–H and O–H groups in total. The number of rotatable bonds is 4. The number of nitrogens with one attached hydrogen (secondary N) is 1. The molecule has 2 rings (SSSR count). The summed E-state index contributed by atoms with van der Waals surface area (Å²) in [4.78, 5) is 4.00. The van der Waals surface area contributed by atoms with E-state index in [1.54, 1.807) is 12.4 Å². The fourth-order valence-electron chi connectivity index (χ4n) is 1.46. The predicted octanol–water partition coefficient (Wildman–Crippen LogP) is 1.28. The smallest absolute Gasteiger partial charge is 0.0582 e. The van der Waals surface area contributed by atoms with Gasteiger partial charge < -0.3 is 11.1 Å². The maximum absolute atomic E-state index is 5.62. The van der Waals surface area contributed by atoms with Gasteiger partial charge in [0.2, 0.25) is 0 Å². The lowest BCUT2D eigenvalue weighted by atomic mass is 10.4. The Bertz CT molecular complexity index is 463. The third kappa shape index (κ3) is 2.73. The highest BCUT2D eigenvalue weighted by molar-refractivity contribution is 5.51. The number of nitrogens with zero attached hydrogens (tertiary/aromatic N) is 3. The lowest BCUT2D eigenvalue weighted by Gasteiger charge is -2.06. The number of hydrogen-bond donors (Lipinski definition) is 2. The van der Waals surface area contributed by atoms with E-state index >= 15 is 0 Å². The summed E-state index contributed by atoms with van der Waals surface area (Å²) in [5.74, 6) is 0. The molecule has 0 amide bonds.